The number of benzene rings is 8. The summed E-state index contributed by atoms with van der Waals surface area (Å²) in [5.41, 5.74) is 5.78. The van der Waals surface area contributed by atoms with Crippen LogP contribution in [0.3, 0.4) is 0 Å². The topological polar surface area (TPSA) is 0 Å². The summed E-state index contributed by atoms with van der Waals surface area (Å²) in [6.07, 6.45) is 0. The Morgan fingerprint density at radius 1 is 0.244 bits per heavy atom. The maximum atomic E-state index is 2.49. The molecule has 0 unspecified atom stereocenters. The summed E-state index contributed by atoms with van der Waals surface area (Å²) in [5, 5.41) is 16.8. The van der Waals surface area contributed by atoms with Crippen LogP contribution in [0.2, 0.25) is 0 Å². The maximum Gasteiger partial charge on any atom is 0.182 e. The van der Waals surface area contributed by atoms with E-state index in [1.807, 2.05) is 0 Å². The second-order valence-electron chi connectivity index (χ2n) is 11.6. The van der Waals surface area contributed by atoms with Gasteiger partial charge in [0.05, 0.1) is 0 Å². The number of hydrogen-bond acceptors (Lipinski definition) is 0. The highest BCUT2D eigenvalue weighted by Crippen LogP contribution is 2.45. The van der Waals surface area contributed by atoms with Crippen LogP contribution in [0, 0.1) is 0 Å². The summed E-state index contributed by atoms with van der Waals surface area (Å²) >= 11 is 0. The molecule has 0 atom stereocenters. The van der Waals surface area contributed by atoms with Crippen molar-refractivity contribution in [3.8, 4) is 22.3 Å². The molecule has 8 aromatic carbocycles. The lowest BCUT2D eigenvalue weighted by molar-refractivity contribution is 1.75. The zero-order valence-electron chi connectivity index (χ0n) is 22.4. The summed E-state index contributed by atoms with van der Waals surface area (Å²) < 4.78 is 0. The Morgan fingerprint density at radius 3 is 0.756 bits per heavy atom. The SMILES string of the molecule is c1ccc2c3c(ccc2c1)[Si]1(c2ccc4ccccc4c2-3)c2ccc3ccccc3c2-c2c1ccc1ccccc21. The van der Waals surface area contributed by atoms with E-state index in [4.69, 9.17) is 0 Å². The molecule has 0 saturated heterocycles. The fraction of sp³-hybridized carbons (Fsp3) is 0. The lowest BCUT2D eigenvalue weighted by Crippen LogP contribution is -2.70. The largest absolute Gasteiger partial charge is 0.182 e. The quantitative estimate of drug-likeness (QED) is 0.176. The van der Waals surface area contributed by atoms with E-state index in [9.17, 15) is 0 Å². The molecule has 10 rings (SSSR count). The number of fused-ring (bicyclic) bond motifs is 18. The minimum Gasteiger partial charge on any atom is -0.0616 e. The Labute approximate surface area is 239 Å². The lowest BCUT2D eigenvalue weighted by Gasteiger charge is -2.28. The molecule has 0 aliphatic carbocycles. The minimum atomic E-state index is -2.62. The molecule has 0 fully saturated rings. The van der Waals surface area contributed by atoms with Gasteiger partial charge in [-0.1, -0.05) is 146 Å². The summed E-state index contributed by atoms with van der Waals surface area (Å²) in [7, 11) is -2.62. The third-order valence-electron chi connectivity index (χ3n) is 9.83. The second-order valence-corrected chi connectivity index (χ2v) is 15.2. The van der Waals surface area contributed by atoms with Crippen LogP contribution < -0.4 is 20.7 Å². The van der Waals surface area contributed by atoms with Crippen LogP contribution in [0.15, 0.2) is 146 Å². The van der Waals surface area contributed by atoms with Gasteiger partial charge in [-0.2, -0.15) is 0 Å². The zero-order chi connectivity index (χ0) is 26.7. The Balaban J connectivity index is 1.51. The highest BCUT2D eigenvalue weighted by molar-refractivity contribution is 7.25. The third-order valence-corrected chi connectivity index (χ3v) is 14.7. The van der Waals surface area contributed by atoms with E-state index in [0.29, 0.717) is 0 Å². The van der Waals surface area contributed by atoms with Gasteiger partial charge < -0.3 is 0 Å². The minimum absolute atomic E-state index is 1.31. The van der Waals surface area contributed by atoms with E-state index in [2.05, 4.69) is 146 Å². The molecular formula is C40H24Si. The third kappa shape index (κ3) is 2.52. The molecule has 188 valence electrons. The van der Waals surface area contributed by atoms with Crippen LogP contribution in [-0.4, -0.2) is 8.07 Å². The molecule has 0 amide bonds. The van der Waals surface area contributed by atoms with Crippen molar-refractivity contribution in [3.63, 3.8) is 0 Å². The van der Waals surface area contributed by atoms with E-state index < -0.39 is 8.07 Å². The molecule has 2 aliphatic rings. The van der Waals surface area contributed by atoms with Gasteiger partial charge in [0, 0.05) is 0 Å². The zero-order valence-corrected chi connectivity index (χ0v) is 23.4. The number of rotatable bonds is 0. The first kappa shape index (κ1) is 21.8. The van der Waals surface area contributed by atoms with Crippen molar-refractivity contribution >= 4 is 71.9 Å². The Hall–Kier alpha value is -4.98. The van der Waals surface area contributed by atoms with E-state index in [-0.39, 0.29) is 0 Å². The van der Waals surface area contributed by atoms with Gasteiger partial charge >= 0.3 is 0 Å². The molecule has 41 heavy (non-hydrogen) atoms. The van der Waals surface area contributed by atoms with E-state index in [0.717, 1.165) is 0 Å². The van der Waals surface area contributed by atoms with Gasteiger partial charge in [-0.05, 0) is 86.1 Å². The Morgan fingerprint density at radius 2 is 0.488 bits per heavy atom. The average molecular weight is 533 g/mol. The van der Waals surface area contributed by atoms with Crippen LogP contribution in [0.4, 0.5) is 0 Å². The van der Waals surface area contributed by atoms with Crippen molar-refractivity contribution in [1.29, 1.82) is 0 Å². The first-order valence-corrected chi connectivity index (χ1v) is 16.5. The van der Waals surface area contributed by atoms with Crippen molar-refractivity contribution < 1.29 is 0 Å². The summed E-state index contributed by atoms with van der Waals surface area (Å²) in [6, 6.07) is 55.4. The molecule has 2 aliphatic heterocycles. The van der Waals surface area contributed by atoms with E-state index in [1.54, 1.807) is 0 Å². The Kier molecular flexibility index (Phi) is 4.04. The maximum absolute atomic E-state index is 2.62. The van der Waals surface area contributed by atoms with Crippen molar-refractivity contribution in [2.24, 2.45) is 0 Å². The summed E-state index contributed by atoms with van der Waals surface area (Å²) in [4.78, 5) is 0. The van der Waals surface area contributed by atoms with Crippen molar-refractivity contribution in [3.05, 3.63) is 146 Å². The monoisotopic (exact) mass is 532 g/mol. The highest BCUT2D eigenvalue weighted by atomic mass is 28.3. The molecule has 0 saturated carbocycles. The van der Waals surface area contributed by atoms with Gasteiger partial charge in [-0.15, -0.1) is 0 Å². The highest BCUT2D eigenvalue weighted by Gasteiger charge is 2.55. The van der Waals surface area contributed by atoms with Crippen molar-refractivity contribution in [2.45, 2.75) is 0 Å². The Bertz CT molecular complexity index is 2080. The first-order chi connectivity index (χ1) is 20.4. The molecule has 1 spiro atoms. The molecule has 0 nitrogen and oxygen atoms in total. The van der Waals surface area contributed by atoms with Gasteiger partial charge in [0.15, 0.2) is 8.07 Å². The number of hydrogen-bond donors (Lipinski definition) is 0. The molecule has 2 heterocycles. The van der Waals surface area contributed by atoms with Gasteiger partial charge in [0.2, 0.25) is 0 Å². The molecule has 0 bridgehead atoms. The smallest absolute Gasteiger partial charge is 0.0616 e. The van der Waals surface area contributed by atoms with Crippen molar-refractivity contribution in [1.82, 2.24) is 0 Å². The van der Waals surface area contributed by atoms with Gasteiger partial charge in [0.1, 0.15) is 0 Å². The molecular weight excluding hydrogens is 509 g/mol. The molecule has 0 radical (unpaired) electrons. The van der Waals surface area contributed by atoms with Crippen LogP contribution in [0.5, 0.6) is 0 Å². The molecule has 0 N–H and O–H groups in total. The standard InChI is InChI=1S/C40H24Si/c1-5-13-29-25(9-1)17-21-33-37(29)38-30-14-6-2-10-26(30)18-22-34(38)41(33)35-23-19-27-11-3-7-15-31(27)39(35)40-32-16-8-4-12-28(32)20-24-36(40)41/h1-24H. The lowest BCUT2D eigenvalue weighted by atomic mass is 9.94. The van der Waals surface area contributed by atoms with Crippen LogP contribution in [-0.2, 0) is 0 Å². The van der Waals surface area contributed by atoms with E-state index in [1.165, 1.54) is 86.1 Å². The second kappa shape index (κ2) is 7.60. The van der Waals surface area contributed by atoms with Crippen LogP contribution in [0.1, 0.15) is 0 Å². The van der Waals surface area contributed by atoms with E-state index >= 15 is 0 Å². The molecule has 1 heteroatoms. The van der Waals surface area contributed by atoms with Crippen LogP contribution in [0.25, 0.3) is 65.3 Å². The van der Waals surface area contributed by atoms with Crippen LogP contribution >= 0.6 is 0 Å². The fourth-order valence-electron chi connectivity index (χ4n) is 8.28. The molecule has 8 aromatic rings. The van der Waals surface area contributed by atoms with Gasteiger partial charge in [-0.25, -0.2) is 0 Å². The summed E-state index contributed by atoms with van der Waals surface area (Å²) in [6.45, 7) is 0. The normalized spacial score (nSPS) is 14.0. The van der Waals surface area contributed by atoms with Crippen molar-refractivity contribution in [2.75, 3.05) is 0 Å². The fourth-order valence-corrected chi connectivity index (χ4v) is 13.9. The molecule has 0 aromatic heterocycles. The van der Waals surface area contributed by atoms with Gasteiger partial charge in [-0.3, -0.25) is 0 Å². The predicted molar refractivity (Wildman–Crippen MR) is 178 cm³/mol. The average Bonchev–Trinajstić information content (AvgIpc) is 3.52. The predicted octanol–water partition coefficient (Wildman–Crippen LogP) is 7.64. The van der Waals surface area contributed by atoms with Gasteiger partial charge in [0.25, 0.3) is 0 Å². The summed E-state index contributed by atoms with van der Waals surface area (Å²) in [5.74, 6) is 0. The first-order valence-electron chi connectivity index (χ1n) is 14.5.